The summed E-state index contributed by atoms with van der Waals surface area (Å²) >= 11 is 9.16. The molecule has 86 valence electrons. The number of hydrogen-bond donors (Lipinski definition) is 1. The molecule has 2 aromatic rings. The Morgan fingerprint density at radius 1 is 1.24 bits per heavy atom. The second-order valence-corrected chi connectivity index (χ2v) is 4.58. The van der Waals surface area contributed by atoms with Gasteiger partial charge in [0, 0.05) is 16.4 Å². The number of nitrogens with one attached hydrogen (secondary N) is 1. The molecule has 0 aliphatic rings. The fraction of sp³-hybridized carbons (Fsp3) is 0. The Kier molecular flexibility index (Phi) is 3.76. The second-order valence-electron chi connectivity index (χ2n) is 3.30. The van der Waals surface area contributed by atoms with Crippen LogP contribution in [0.15, 0.2) is 47.1 Å². The zero-order valence-corrected chi connectivity index (χ0v) is 11.0. The Morgan fingerprint density at radius 2 is 1.94 bits per heavy atom. The van der Waals surface area contributed by atoms with Crippen LogP contribution < -0.4 is 5.32 Å². The maximum atomic E-state index is 11.9. The molecule has 0 atom stereocenters. The quantitative estimate of drug-likeness (QED) is 0.858. The van der Waals surface area contributed by atoms with E-state index in [0.717, 1.165) is 4.47 Å². The molecule has 0 bridgehead atoms. The van der Waals surface area contributed by atoms with Crippen molar-refractivity contribution in [2.45, 2.75) is 0 Å². The zero-order chi connectivity index (χ0) is 12.3. The molecule has 0 aliphatic carbocycles. The summed E-state index contributed by atoms with van der Waals surface area (Å²) in [7, 11) is 0. The van der Waals surface area contributed by atoms with Crippen LogP contribution in [-0.2, 0) is 0 Å². The monoisotopic (exact) mass is 310 g/mol. The van der Waals surface area contributed by atoms with Crippen molar-refractivity contribution in [3.63, 3.8) is 0 Å². The second kappa shape index (κ2) is 5.29. The minimum atomic E-state index is -0.273. The molecular weight excluding hydrogens is 304 g/mol. The minimum Gasteiger partial charge on any atom is -0.322 e. The number of benzene rings is 1. The molecule has 3 nitrogen and oxygen atoms in total. The van der Waals surface area contributed by atoms with Crippen LogP contribution in [0.5, 0.6) is 0 Å². The minimum absolute atomic E-state index is 0.196. The van der Waals surface area contributed by atoms with E-state index in [1.807, 2.05) is 12.1 Å². The highest BCUT2D eigenvalue weighted by molar-refractivity contribution is 9.10. The first-order valence-electron chi connectivity index (χ1n) is 4.84. The van der Waals surface area contributed by atoms with Gasteiger partial charge in [-0.2, -0.15) is 0 Å². The predicted molar refractivity (Wildman–Crippen MR) is 71.3 cm³/mol. The first-order valence-corrected chi connectivity index (χ1v) is 6.01. The molecule has 1 aromatic carbocycles. The van der Waals surface area contributed by atoms with Gasteiger partial charge < -0.3 is 5.32 Å². The molecule has 5 heteroatoms. The van der Waals surface area contributed by atoms with Crippen LogP contribution >= 0.6 is 27.5 Å². The van der Waals surface area contributed by atoms with Crippen LogP contribution in [0.4, 0.5) is 5.69 Å². The number of carbonyl (C=O) groups excluding carboxylic acids is 1. The topological polar surface area (TPSA) is 42.0 Å². The molecular formula is C12H8BrClN2O. The Morgan fingerprint density at radius 3 is 2.59 bits per heavy atom. The van der Waals surface area contributed by atoms with Gasteiger partial charge in [0.1, 0.15) is 5.15 Å². The van der Waals surface area contributed by atoms with E-state index in [1.165, 1.54) is 0 Å². The Balaban J connectivity index is 2.17. The van der Waals surface area contributed by atoms with Gasteiger partial charge in [0.15, 0.2) is 0 Å². The summed E-state index contributed by atoms with van der Waals surface area (Å²) in [4.78, 5) is 15.7. The number of nitrogens with zero attached hydrogens (tertiary/aromatic N) is 1. The van der Waals surface area contributed by atoms with Gasteiger partial charge in [-0.1, -0.05) is 27.5 Å². The van der Waals surface area contributed by atoms with Crippen LogP contribution in [0.3, 0.4) is 0 Å². The first kappa shape index (κ1) is 12.1. The van der Waals surface area contributed by atoms with Crippen molar-refractivity contribution in [1.82, 2.24) is 4.98 Å². The molecule has 1 N–H and O–H groups in total. The van der Waals surface area contributed by atoms with Crippen LogP contribution in [0.2, 0.25) is 5.15 Å². The van der Waals surface area contributed by atoms with Crippen LogP contribution in [0.25, 0.3) is 0 Å². The highest BCUT2D eigenvalue weighted by Crippen LogP contribution is 2.17. The Labute approximate surface area is 112 Å². The summed E-state index contributed by atoms with van der Waals surface area (Å²) < 4.78 is 0.954. The van der Waals surface area contributed by atoms with E-state index in [4.69, 9.17) is 11.6 Å². The van der Waals surface area contributed by atoms with Gasteiger partial charge in [-0.05, 0) is 36.4 Å². The number of halogens is 2. The van der Waals surface area contributed by atoms with Crippen molar-refractivity contribution >= 4 is 39.1 Å². The SMILES string of the molecule is O=C(Nc1ccc(Br)cc1)c1cccnc1Cl. The van der Waals surface area contributed by atoms with E-state index in [0.29, 0.717) is 11.3 Å². The van der Waals surface area contributed by atoms with Crippen molar-refractivity contribution in [2.24, 2.45) is 0 Å². The van der Waals surface area contributed by atoms with Crippen molar-refractivity contribution in [3.8, 4) is 0 Å². The maximum absolute atomic E-state index is 11.9. The van der Waals surface area contributed by atoms with Crippen LogP contribution in [-0.4, -0.2) is 10.9 Å². The standard InChI is InChI=1S/C12H8BrClN2O/c13-8-3-5-9(6-4-8)16-12(17)10-2-1-7-15-11(10)14/h1-7H,(H,16,17). The number of pyridine rings is 1. The molecule has 0 radical (unpaired) electrons. The van der Waals surface area contributed by atoms with Gasteiger partial charge in [0.2, 0.25) is 0 Å². The summed E-state index contributed by atoms with van der Waals surface area (Å²) in [6.07, 6.45) is 1.54. The fourth-order valence-corrected chi connectivity index (χ4v) is 1.76. The molecule has 0 aliphatic heterocycles. The summed E-state index contributed by atoms with van der Waals surface area (Å²) in [5.74, 6) is -0.273. The van der Waals surface area contributed by atoms with Gasteiger partial charge in [0.05, 0.1) is 5.56 Å². The van der Waals surface area contributed by atoms with Gasteiger partial charge >= 0.3 is 0 Å². The number of hydrogen-bond acceptors (Lipinski definition) is 2. The van der Waals surface area contributed by atoms with Crippen molar-refractivity contribution in [2.75, 3.05) is 5.32 Å². The van der Waals surface area contributed by atoms with E-state index in [-0.39, 0.29) is 11.1 Å². The molecule has 0 saturated carbocycles. The lowest BCUT2D eigenvalue weighted by Gasteiger charge is -2.05. The summed E-state index contributed by atoms with van der Waals surface area (Å²) in [6.45, 7) is 0. The summed E-state index contributed by atoms with van der Waals surface area (Å²) in [6, 6.07) is 10.6. The van der Waals surface area contributed by atoms with Crippen molar-refractivity contribution < 1.29 is 4.79 Å². The average molecular weight is 312 g/mol. The Bertz CT molecular complexity index is 542. The van der Waals surface area contributed by atoms with E-state index in [9.17, 15) is 4.79 Å². The summed E-state index contributed by atoms with van der Waals surface area (Å²) in [5.41, 5.74) is 1.07. The molecule has 17 heavy (non-hydrogen) atoms. The number of rotatable bonds is 2. The van der Waals surface area contributed by atoms with E-state index < -0.39 is 0 Å². The number of anilines is 1. The normalized spacial score (nSPS) is 10.0. The van der Waals surface area contributed by atoms with Crippen LogP contribution in [0.1, 0.15) is 10.4 Å². The largest absolute Gasteiger partial charge is 0.322 e. The lowest BCUT2D eigenvalue weighted by atomic mass is 10.2. The van der Waals surface area contributed by atoms with E-state index in [2.05, 4.69) is 26.2 Å². The molecule has 2 rings (SSSR count). The molecule has 0 unspecified atom stereocenters. The van der Waals surface area contributed by atoms with Crippen molar-refractivity contribution in [1.29, 1.82) is 0 Å². The van der Waals surface area contributed by atoms with Gasteiger partial charge in [-0.15, -0.1) is 0 Å². The highest BCUT2D eigenvalue weighted by atomic mass is 79.9. The summed E-state index contributed by atoms with van der Waals surface area (Å²) in [5, 5.41) is 2.94. The first-order chi connectivity index (χ1) is 8.16. The predicted octanol–water partition coefficient (Wildman–Crippen LogP) is 3.75. The molecule has 0 saturated heterocycles. The molecule has 1 aromatic heterocycles. The fourth-order valence-electron chi connectivity index (χ4n) is 1.29. The zero-order valence-electron chi connectivity index (χ0n) is 8.65. The third-order valence-corrected chi connectivity index (χ3v) is 2.94. The lowest BCUT2D eigenvalue weighted by Crippen LogP contribution is -2.12. The smallest absolute Gasteiger partial charge is 0.258 e. The Hall–Kier alpha value is -1.39. The van der Waals surface area contributed by atoms with Gasteiger partial charge in [-0.25, -0.2) is 4.98 Å². The van der Waals surface area contributed by atoms with E-state index in [1.54, 1.807) is 30.5 Å². The molecule has 0 spiro atoms. The third-order valence-electron chi connectivity index (χ3n) is 2.11. The van der Waals surface area contributed by atoms with Crippen molar-refractivity contribution in [3.05, 3.63) is 57.8 Å². The molecule has 1 amide bonds. The lowest BCUT2D eigenvalue weighted by molar-refractivity contribution is 0.102. The molecule has 0 fully saturated rings. The number of carbonyl (C=O) groups is 1. The maximum Gasteiger partial charge on any atom is 0.258 e. The third kappa shape index (κ3) is 3.05. The number of aromatic nitrogens is 1. The average Bonchev–Trinajstić information content (AvgIpc) is 2.32. The van der Waals surface area contributed by atoms with Gasteiger partial charge in [-0.3, -0.25) is 4.79 Å². The van der Waals surface area contributed by atoms with Crippen LogP contribution in [0, 0.1) is 0 Å². The highest BCUT2D eigenvalue weighted by Gasteiger charge is 2.10. The van der Waals surface area contributed by atoms with Gasteiger partial charge in [0.25, 0.3) is 5.91 Å². The van der Waals surface area contributed by atoms with E-state index >= 15 is 0 Å². The number of amides is 1. The molecule has 1 heterocycles.